The lowest BCUT2D eigenvalue weighted by molar-refractivity contribution is 0.256. The Bertz CT molecular complexity index is 482. The molecule has 0 aliphatic heterocycles. The van der Waals surface area contributed by atoms with Crippen LogP contribution in [0, 0.1) is 0 Å². The highest BCUT2D eigenvalue weighted by Crippen LogP contribution is 2.24. The number of hydrogen-bond donors (Lipinski definition) is 1. The number of rotatable bonds is 5. The highest BCUT2D eigenvalue weighted by molar-refractivity contribution is 7.10. The molecule has 1 unspecified atom stereocenters. The molecule has 2 aromatic heterocycles. The zero-order valence-electron chi connectivity index (χ0n) is 11.1. The fourth-order valence-electron chi connectivity index (χ4n) is 1.88. The van der Waals surface area contributed by atoms with Crippen molar-refractivity contribution in [2.45, 2.75) is 19.5 Å². The van der Waals surface area contributed by atoms with Gasteiger partial charge in [0.05, 0.1) is 0 Å². The van der Waals surface area contributed by atoms with Crippen LogP contribution in [0.5, 0.6) is 0 Å². The average molecular weight is 261 g/mol. The molecule has 2 rings (SSSR count). The van der Waals surface area contributed by atoms with Crippen LogP contribution >= 0.6 is 11.3 Å². The maximum Gasteiger partial charge on any atom is 0.125 e. The van der Waals surface area contributed by atoms with Gasteiger partial charge in [0, 0.05) is 30.7 Å². The van der Waals surface area contributed by atoms with Gasteiger partial charge in [0.15, 0.2) is 0 Å². The first-order chi connectivity index (χ1) is 8.70. The summed E-state index contributed by atoms with van der Waals surface area (Å²) in [6.45, 7) is 3.17. The minimum atomic E-state index is 0.441. The lowest BCUT2D eigenvalue weighted by Crippen LogP contribution is -2.21. The van der Waals surface area contributed by atoms with Crippen molar-refractivity contribution in [3.05, 3.63) is 46.3 Å². The first-order valence-electron chi connectivity index (χ1n) is 6.07. The molecule has 0 saturated carbocycles. The molecule has 3 nitrogen and oxygen atoms in total. The summed E-state index contributed by atoms with van der Waals surface area (Å²) in [5, 5.41) is 5.20. The molecule has 0 spiro atoms. The summed E-state index contributed by atoms with van der Waals surface area (Å²) < 4.78 is 0. The Kier molecular flexibility index (Phi) is 4.33. The smallest absolute Gasteiger partial charge is 0.125 e. The topological polar surface area (TPSA) is 28.2 Å². The Morgan fingerprint density at radius 1 is 1.44 bits per heavy atom. The molecule has 2 heterocycles. The van der Waals surface area contributed by atoms with Crippen molar-refractivity contribution >= 4 is 17.2 Å². The molecule has 0 radical (unpaired) electrons. The second-order valence-electron chi connectivity index (χ2n) is 4.41. The van der Waals surface area contributed by atoms with E-state index >= 15 is 0 Å². The molecule has 0 aliphatic carbocycles. The van der Waals surface area contributed by atoms with Gasteiger partial charge in [0.1, 0.15) is 5.82 Å². The van der Waals surface area contributed by atoms with Crippen molar-refractivity contribution in [3.63, 3.8) is 0 Å². The quantitative estimate of drug-likeness (QED) is 0.894. The van der Waals surface area contributed by atoms with Crippen molar-refractivity contribution in [2.24, 2.45) is 0 Å². The van der Waals surface area contributed by atoms with Gasteiger partial charge < -0.3 is 5.32 Å². The second-order valence-corrected chi connectivity index (χ2v) is 5.39. The molecular formula is C14H19N3S. The van der Waals surface area contributed by atoms with Gasteiger partial charge in [-0.05, 0) is 43.1 Å². The highest BCUT2D eigenvalue weighted by Gasteiger charge is 2.12. The molecule has 1 atom stereocenters. The largest absolute Gasteiger partial charge is 0.373 e. The predicted octanol–water partition coefficient (Wildman–Crippen LogP) is 3.38. The average Bonchev–Trinajstić information content (AvgIpc) is 2.92. The summed E-state index contributed by atoms with van der Waals surface area (Å²) >= 11 is 1.81. The summed E-state index contributed by atoms with van der Waals surface area (Å²) in [4.78, 5) is 7.98. The van der Waals surface area contributed by atoms with E-state index in [1.807, 2.05) is 24.6 Å². The lowest BCUT2D eigenvalue weighted by Gasteiger charge is -2.23. The van der Waals surface area contributed by atoms with Gasteiger partial charge in [-0.25, -0.2) is 4.98 Å². The molecule has 0 aliphatic rings. The molecule has 0 fully saturated rings. The Labute approximate surface area is 112 Å². The molecule has 2 aromatic rings. The summed E-state index contributed by atoms with van der Waals surface area (Å²) in [5.41, 5.74) is 1.28. The summed E-state index contributed by atoms with van der Waals surface area (Å²) in [6, 6.07) is 8.90. The van der Waals surface area contributed by atoms with Crippen LogP contribution in [0.25, 0.3) is 0 Å². The molecule has 0 amide bonds. The second kappa shape index (κ2) is 5.98. The first-order valence-corrected chi connectivity index (χ1v) is 6.95. The molecule has 0 saturated heterocycles. The number of aromatic nitrogens is 1. The Morgan fingerprint density at radius 3 is 2.94 bits per heavy atom. The lowest BCUT2D eigenvalue weighted by atomic mass is 10.2. The number of pyridine rings is 1. The number of nitrogens with one attached hydrogen (secondary N) is 1. The SMILES string of the molecule is CNc1cc(CN(C)C(C)c2cccs2)ccn1. The van der Waals surface area contributed by atoms with Crippen LogP contribution in [0.15, 0.2) is 35.8 Å². The van der Waals surface area contributed by atoms with Gasteiger partial charge >= 0.3 is 0 Å². The number of thiophene rings is 1. The third-order valence-electron chi connectivity index (χ3n) is 3.13. The monoisotopic (exact) mass is 261 g/mol. The minimum absolute atomic E-state index is 0.441. The van der Waals surface area contributed by atoms with E-state index in [0.29, 0.717) is 6.04 Å². The third-order valence-corrected chi connectivity index (χ3v) is 4.17. The highest BCUT2D eigenvalue weighted by atomic mass is 32.1. The minimum Gasteiger partial charge on any atom is -0.373 e. The van der Waals surface area contributed by atoms with E-state index in [1.54, 1.807) is 0 Å². The predicted molar refractivity (Wildman–Crippen MR) is 78.0 cm³/mol. The standard InChI is InChI=1S/C14H19N3S/c1-11(13-5-4-8-18-13)17(3)10-12-6-7-16-14(9-12)15-2/h4-9,11H,10H2,1-3H3,(H,15,16). The van der Waals surface area contributed by atoms with Gasteiger partial charge in [-0.1, -0.05) is 6.07 Å². The van der Waals surface area contributed by atoms with Crippen LogP contribution in [0.2, 0.25) is 0 Å². The van der Waals surface area contributed by atoms with Gasteiger partial charge in [-0.3, -0.25) is 4.90 Å². The molecule has 0 aromatic carbocycles. The van der Waals surface area contributed by atoms with E-state index in [4.69, 9.17) is 0 Å². The Hall–Kier alpha value is -1.39. The van der Waals surface area contributed by atoms with E-state index < -0.39 is 0 Å². The Balaban J connectivity index is 2.04. The molecule has 4 heteroatoms. The first kappa shape index (κ1) is 13.1. The fourth-order valence-corrected chi connectivity index (χ4v) is 2.73. The van der Waals surface area contributed by atoms with Crippen molar-refractivity contribution in [1.29, 1.82) is 0 Å². The Morgan fingerprint density at radius 2 is 2.28 bits per heavy atom. The van der Waals surface area contributed by atoms with Crippen LogP contribution in [0.3, 0.4) is 0 Å². The zero-order valence-corrected chi connectivity index (χ0v) is 11.9. The summed E-state index contributed by atoms with van der Waals surface area (Å²) in [6.07, 6.45) is 1.85. The summed E-state index contributed by atoms with van der Waals surface area (Å²) in [7, 11) is 4.05. The van der Waals surface area contributed by atoms with Crippen LogP contribution < -0.4 is 5.32 Å². The van der Waals surface area contributed by atoms with Crippen molar-refractivity contribution < 1.29 is 0 Å². The molecular weight excluding hydrogens is 242 g/mol. The van der Waals surface area contributed by atoms with Crippen LogP contribution in [0.4, 0.5) is 5.82 Å². The van der Waals surface area contributed by atoms with Crippen molar-refractivity contribution in [3.8, 4) is 0 Å². The maximum atomic E-state index is 4.23. The van der Waals surface area contributed by atoms with Crippen molar-refractivity contribution in [1.82, 2.24) is 9.88 Å². The van der Waals surface area contributed by atoms with E-state index in [9.17, 15) is 0 Å². The molecule has 1 N–H and O–H groups in total. The van der Waals surface area contributed by atoms with Gasteiger partial charge in [0.2, 0.25) is 0 Å². The van der Waals surface area contributed by atoms with Gasteiger partial charge in [-0.15, -0.1) is 11.3 Å². The molecule has 0 bridgehead atoms. The van der Waals surface area contributed by atoms with Gasteiger partial charge in [-0.2, -0.15) is 0 Å². The van der Waals surface area contributed by atoms with Crippen LogP contribution in [-0.4, -0.2) is 24.0 Å². The van der Waals surface area contributed by atoms with E-state index in [-0.39, 0.29) is 0 Å². The van der Waals surface area contributed by atoms with Crippen molar-refractivity contribution in [2.75, 3.05) is 19.4 Å². The number of nitrogens with zero attached hydrogens (tertiary/aromatic N) is 2. The normalized spacial score (nSPS) is 12.7. The molecule has 96 valence electrons. The fraction of sp³-hybridized carbons (Fsp3) is 0.357. The zero-order chi connectivity index (χ0) is 13.0. The number of anilines is 1. The van der Waals surface area contributed by atoms with E-state index in [1.165, 1.54) is 10.4 Å². The van der Waals surface area contributed by atoms with E-state index in [0.717, 1.165) is 12.4 Å². The molecule has 18 heavy (non-hydrogen) atoms. The maximum absolute atomic E-state index is 4.23. The van der Waals surface area contributed by atoms with Crippen LogP contribution in [0.1, 0.15) is 23.4 Å². The summed E-state index contributed by atoms with van der Waals surface area (Å²) in [5.74, 6) is 0.921. The van der Waals surface area contributed by atoms with Gasteiger partial charge in [0.25, 0.3) is 0 Å². The van der Waals surface area contributed by atoms with E-state index in [2.05, 4.69) is 58.8 Å². The third kappa shape index (κ3) is 3.09. The number of hydrogen-bond acceptors (Lipinski definition) is 4. The van der Waals surface area contributed by atoms with Crippen LogP contribution in [-0.2, 0) is 6.54 Å².